The van der Waals surface area contributed by atoms with E-state index in [-0.39, 0.29) is 23.7 Å². The number of carbonyl (C=O) groups excluding carboxylic acids is 3. The van der Waals surface area contributed by atoms with E-state index < -0.39 is 0 Å². The number of aryl methyl sites for hydroxylation is 2. The third-order valence-corrected chi connectivity index (χ3v) is 12.5. The molecule has 9 rings (SSSR count). The lowest BCUT2D eigenvalue weighted by molar-refractivity contribution is -0.112. The van der Waals surface area contributed by atoms with E-state index >= 15 is 0 Å². The summed E-state index contributed by atoms with van der Waals surface area (Å²) in [6, 6.07) is 37.8. The zero-order chi connectivity index (χ0) is 64.5. The number of halogens is 1. The average Bonchev–Trinajstić information content (AvgIpc) is 3.59. The number of anilines is 13. The van der Waals surface area contributed by atoms with Crippen LogP contribution < -0.4 is 75.7 Å². The number of carbonyl (C=O) groups is 3. The quantitative estimate of drug-likeness (QED) is 0.0261. The van der Waals surface area contributed by atoms with Crippen LogP contribution in [0.3, 0.4) is 0 Å². The first-order valence-corrected chi connectivity index (χ1v) is 27.4. The van der Waals surface area contributed by atoms with Crippen LogP contribution in [-0.2, 0) is 14.4 Å². The summed E-state index contributed by atoms with van der Waals surface area (Å²) in [5, 5.41) is 24.2. The summed E-state index contributed by atoms with van der Waals surface area (Å²) >= 11 is 6.28. The van der Waals surface area contributed by atoms with Gasteiger partial charge in [-0.05, 0) is 117 Å². The molecule has 0 unspecified atom stereocenters. The number of nitrogens with zero attached hydrogens (tertiary/aromatic N) is 6. The van der Waals surface area contributed by atoms with Gasteiger partial charge in [0.15, 0.2) is 17.3 Å². The summed E-state index contributed by atoms with van der Waals surface area (Å²) in [5.41, 5.74) is 6.95. The molecule has 0 bridgehead atoms. The molecule has 0 aliphatic heterocycles. The van der Waals surface area contributed by atoms with Crippen molar-refractivity contribution in [2.24, 2.45) is 0 Å². The zero-order valence-electron chi connectivity index (χ0n) is 50.4. The van der Waals surface area contributed by atoms with Gasteiger partial charge in [-0.1, -0.05) is 61.7 Å². The smallest absolute Gasteiger partial charge is 0.247 e. The summed E-state index contributed by atoms with van der Waals surface area (Å²) in [6.45, 7) is 14.1. The molecule has 0 fully saturated rings. The second-order valence-corrected chi connectivity index (χ2v) is 18.8. The van der Waals surface area contributed by atoms with Gasteiger partial charge in [0.05, 0.1) is 65.9 Å². The van der Waals surface area contributed by atoms with Crippen LogP contribution in [0.25, 0.3) is 0 Å². The Hall–Kier alpha value is -11.9. The number of aromatic nitrogens is 6. The van der Waals surface area contributed by atoms with Crippen LogP contribution in [-0.4, -0.2) is 90.3 Å². The van der Waals surface area contributed by atoms with Crippen LogP contribution in [0.4, 0.5) is 75.0 Å². The highest BCUT2D eigenvalue weighted by Gasteiger charge is 2.18. The van der Waals surface area contributed by atoms with Gasteiger partial charge in [-0.2, -0.15) is 15.0 Å². The van der Waals surface area contributed by atoms with Gasteiger partial charge >= 0.3 is 0 Å². The van der Waals surface area contributed by atoms with Gasteiger partial charge in [-0.3, -0.25) is 14.4 Å². The minimum Gasteiger partial charge on any atom is -0.497 e. The third-order valence-electron chi connectivity index (χ3n) is 12.3. The molecular formula is C65H65ClN14O10. The molecule has 6 aromatic carbocycles. The number of benzene rings is 6. The van der Waals surface area contributed by atoms with E-state index in [2.05, 4.69) is 92.2 Å². The maximum atomic E-state index is 11.5. The lowest BCUT2D eigenvalue weighted by atomic mass is 10.2. The molecule has 0 radical (unpaired) electrons. The molecule has 8 N–H and O–H groups in total. The molecule has 0 aliphatic carbocycles. The van der Waals surface area contributed by atoms with Gasteiger partial charge in [-0.15, -0.1) is 0 Å². The molecule has 3 aromatic heterocycles. The molecule has 0 saturated carbocycles. The van der Waals surface area contributed by atoms with Crippen molar-refractivity contribution in [3.63, 3.8) is 0 Å². The SMILES string of the molecule is C=CC(=O)Nc1cccc(Nc2nc(Nc3ccc(OC)c(OC)c3OC)ncc2Cl)c1.C=CC(=O)Nc1cccc(Nc2nc(Nc3ccc(OC)cc3OC)ncc2C)c1.C=CC(=O)Nc1cccc(Oc2nc(Nc3ccccc3OC)ncc2C)c1. The lowest BCUT2D eigenvalue weighted by Crippen LogP contribution is -2.07. The number of nitrogens with one attached hydrogen (secondary N) is 8. The third kappa shape index (κ3) is 18.5. The number of para-hydroxylation sites is 2. The van der Waals surface area contributed by atoms with Crippen LogP contribution in [0.1, 0.15) is 11.1 Å². The van der Waals surface area contributed by atoms with Gasteiger partial charge in [-0.25, -0.2) is 15.0 Å². The number of rotatable bonds is 24. The molecule has 9 aromatic rings. The summed E-state index contributed by atoms with van der Waals surface area (Å²) in [5.74, 6) is 5.50. The molecule has 25 heteroatoms. The van der Waals surface area contributed by atoms with E-state index in [1.165, 1.54) is 38.6 Å². The van der Waals surface area contributed by atoms with E-state index in [4.69, 9.17) is 44.8 Å². The Morgan fingerprint density at radius 1 is 0.422 bits per heavy atom. The van der Waals surface area contributed by atoms with Crippen molar-refractivity contribution in [1.29, 1.82) is 0 Å². The van der Waals surface area contributed by atoms with Crippen molar-refractivity contribution in [2.75, 3.05) is 85.2 Å². The topological polar surface area (TPSA) is 289 Å². The van der Waals surface area contributed by atoms with Gasteiger partial charge in [0, 0.05) is 64.1 Å². The van der Waals surface area contributed by atoms with E-state index in [9.17, 15) is 14.4 Å². The number of hydrogen-bond acceptors (Lipinski definition) is 21. The predicted molar refractivity (Wildman–Crippen MR) is 352 cm³/mol. The van der Waals surface area contributed by atoms with E-state index in [1.54, 1.807) is 108 Å². The highest BCUT2D eigenvalue weighted by molar-refractivity contribution is 6.33. The summed E-state index contributed by atoms with van der Waals surface area (Å²) in [4.78, 5) is 60.8. The fraction of sp³-hybridized carbons (Fsp3) is 0.123. The fourth-order valence-electron chi connectivity index (χ4n) is 7.90. The number of methoxy groups -OCH3 is 6. The minimum atomic E-state index is -0.308. The highest BCUT2D eigenvalue weighted by Crippen LogP contribution is 2.44. The van der Waals surface area contributed by atoms with Crippen LogP contribution >= 0.6 is 11.6 Å². The van der Waals surface area contributed by atoms with Gasteiger partial charge in [0.1, 0.15) is 33.8 Å². The van der Waals surface area contributed by atoms with Crippen LogP contribution in [0.15, 0.2) is 184 Å². The van der Waals surface area contributed by atoms with E-state index in [1.807, 2.05) is 74.5 Å². The molecule has 90 heavy (non-hydrogen) atoms. The number of ether oxygens (including phenoxy) is 7. The fourth-order valence-corrected chi connectivity index (χ4v) is 8.03. The standard InChI is InChI=1S/C22H22ClN5O4.C22H23N5O3.C21H20N4O3/c1-5-18(29)25-13-7-6-8-14(11-13)26-21-15(23)12-24-22(28-21)27-16-9-10-17(30-2)20(32-4)19(16)31-3;1-5-20(28)24-15-7-6-8-16(11-15)25-21-14(2)13-23-22(27-21)26-18-10-9-17(29-3)12-19(18)30-4;1-4-19(26)23-15-8-7-9-16(12-15)28-20-14(2)13-22-21(25-20)24-17-10-5-6-11-18(17)27-3/h5-12H,1H2,2-4H3,(H,25,29)(H2,24,26,27,28);5-13H,1H2,2-4H3,(H,24,28)(H2,23,25,26,27);4-13H,1H2,2-3H3,(H,23,26)(H,22,24,25). The second-order valence-electron chi connectivity index (χ2n) is 18.4. The minimum absolute atomic E-state index is 0.273. The van der Waals surface area contributed by atoms with Crippen molar-refractivity contribution < 1.29 is 47.5 Å². The van der Waals surface area contributed by atoms with Gasteiger partial charge in [0.25, 0.3) is 0 Å². The largest absolute Gasteiger partial charge is 0.497 e. The predicted octanol–water partition coefficient (Wildman–Crippen LogP) is 13.6. The van der Waals surface area contributed by atoms with Crippen molar-refractivity contribution in [1.82, 2.24) is 29.9 Å². The molecular weight excluding hydrogens is 1170 g/mol. The lowest BCUT2D eigenvalue weighted by Gasteiger charge is -2.16. The van der Waals surface area contributed by atoms with Crippen molar-refractivity contribution in [3.8, 4) is 46.1 Å². The Balaban J connectivity index is 0.000000192. The molecule has 24 nitrogen and oxygen atoms in total. The normalized spacial score (nSPS) is 10.1. The maximum absolute atomic E-state index is 11.5. The van der Waals surface area contributed by atoms with E-state index in [0.29, 0.717) is 109 Å². The van der Waals surface area contributed by atoms with E-state index in [0.717, 1.165) is 22.5 Å². The van der Waals surface area contributed by atoms with Crippen LogP contribution in [0.2, 0.25) is 5.02 Å². The number of amides is 3. The first kappa shape index (κ1) is 65.6. The van der Waals surface area contributed by atoms with Crippen molar-refractivity contribution in [2.45, 2.75) is 13.8 Å². The van der Waals surface area contributed by atoms with Crippen LogP contribution in [0.5, 0.6) is 46.1 Å². The Kier molecular flexibility index (Phi) is 23.7. The van der Waals surface area contributed by atoms with Crippen LogP contribution in [0, 0.1) is 13.8 Å². The van der Waals surface area contributed by atoms with Crippen molar-refractivity contribution >= 4 is 104 Å². The molecule has 0 atom stereocenters. The monoisotopic (exact) mass is 1240 g/mol. The molecule has 0 spiro atoms. The molecule has 0 saturated heterocycles. The summed E-state index contributed by atoms with van der Waals surface area (Å²) in [6.07, 6.45) is 8.48. The molecule has 0 aliphatic rings. The highest BCUT2D eigenvalue weighted by atomic mass is 35.5. The van der Waals surface area contributed by atoms with Crippen molar-refractivity contribution in [3.05, 3.63) is 200 Å². The average molecular weight is 1240 g/mol. The Bertz CT molecular complexity index is 4020. The molecule has 3 heterocycles. The van der Waals surface area contributed by atoms with Gasteiger partial charge < -0.3 is 75.7 Å². The zero-order valence-corrected chi connectivity index (χ0v) is 51.1. The first-order valence-electron chi connectivity index (χ1n) is 27.1. The second kappa shape index (κ2) is 32.5. The Morgan fingerprint density at radius 3 is 1.49 bits per heavy atom. The summed E-state index contributed by atoms with van der Waals surface area (Å²) < 4.78 is 38.0. The molecule has 462 valence electrons. The Morgan fingerprint density at radius 2 is 0.911 bits per heavy atom. The van der Waals surface area contributed by atoms with Gasteiger partial charge in [0.2, 0.25) is 47.2 Å². The maximum Gasteiger partial charge on any atom is 0.247 e. The number of hydrogen-bond donors (Lipinski definition) is 8. The Labute approximate surface area is 524 Å². The first-order chi connectivity index (χ1) is 43.6. The molecule has 3 amide bonds. The summed E-state index contributed by atoms with van der Waals surface area (Å²) in [7, 11) is 9.38.